The maximum absolute atomic E-state index is 7.19. The van der Waals surface area contributed by atoms with Crippen molar-refractivity contribution in [3.05, 3.63) is 35.2 Å². The number of guanidine groups is 1. The fourth-order valence-electron chi connectivity index (χ4n) is 2.81. The van der Waals surface area contributed by atoms with E-state index in [9.17, 15) is 0 Å². The van der Waals surface area contributed by atoms with Crippen molar-refractivity contribution in [1.29, 1.82) is 5.41 Å². The number of hydrogen-bond acceptors (Lipinski definition) is 5. The number of fused-ring (bicyclic) bond motifs is 1. The Kier molecular flexibility index (Phi) is 4.76. The second kappa shape index (κ2) is 6.95. The molecule has 6 nitrogen and oxygen atoms in total. The Morgan fingerprint density at radius 3 is 2.96 bits per heavy atom. The van der Waals surface area contributed by atoms with Gasteiger partial charge >= 0.3 is 0 Å². The minimum Gasteiger partial charge on any atom is -0.497 e. The van der Waals surface area contributed by atoms with Gasteiger partial charge in [0.25, 0.3) is 0 Å². The molecule has 0 aromatic heterocycles. The second-order valence-electron chi connectivity index (χ2n) is 5.48. The molecule has 0 saturated heterocycles. The number of nitrogens with one attached hydrogen (secondary N) is 2. The van der Waals surface area contributed by atoms with E-state index < -0.39 is 0 Å². The van der Waals surface area contributed by atoms with Crippen molar-refractivity contribution < 1.29 is 4.74 Å². The zero-order valence-electron chi connectivity index (χ0n) is 13.1. The molecule has 1 atom stereocenters. The maximum Gasteiger partial charge on any atom is 0.185 e. The van der Waals surface area contributed by atoms with Crippen LogP contribution in [0.4, 0.5) is 0 Å². The van der Waals surface area contributed by atoms with Gasteiger partial charge in [-0.15, -0.1) is 0 Å². The van der Waals surface area contributed by atoms with Gasteiger partial charge in [0.15, 0.2) is 11.1 Å². The van der Waals surface area contributed by atoms with Gasteiger partial charge in [0.1, 0.15) is 5.75 Å². The predicted molar refractivity (Wildman–Crippen MR) is 95.6 cm³/mol. The molecule has 0 aliphatic carbocycles. The first-order valence-electron chi connectivity index (χ1n) is 7.62. The zero-order chi connectivity index (χ0) is 16.2. The molecule has 122 valence electrons. The highest BCUT2D eigenvalue weighted by Crippen LogP contribution is 2.39. The lowest BCUT2D eigenvalue weighted by Gasteiger charge is -2.26. The van der Waals surface area contributed by atoms with Crippen molar-refractivity contribution >= 4 is 28.6 Å². The minimum atomic E-state index is 0.0314. The Bertz CT molecular complexity index is 640. The van der Waals surface area contributed by atoms with E-state index in [1.165, 1.54) is 11.3 Å². The van der Waals surface area contributed by atoms with Gasteiger partial charge in [-0.05, 0) is 42.7 Å². The Balaban J connectivity index is 1.65. The summed E-state index contributed by atoms with van der Waals surface area (Å²) < 4.78 is 5.23. The summed E-state index contributed by atoms with van der Waals surface area (Å²) >= 11 is 1.69. The predicted octanol–water partition coefficient (Wildman–Crippen LogP) is 2.04. The Morgan fingerprint density at radius 2 is 2.26 bits per heavy atom. The molecule has 0 spiro atoms. The topological polar surface area (TPSA) is 86.7 Å². The summed E-state index contributed by atoms with van der Waals surface area (Å²) in [5, 5.41) is 13.3. The smallest absolute Gasteiger partial charge is 0.185 e. The van der Waals surface area contributed by atoms with Crippen LogP contribution in [0, 0.1) is 5.41 Å². The van der Waals surface area contributed by atoms with Gasteiger partial charge in [-0.1, -0.05) is 11.8 Å². The van der Waals surface area contributed by atoms with Gasteiger partial charge in [-0.2, -0.15) is 0 Å². The molecule has 0 bridgehead atoms. The summed E-state index contributed by atoms with van der Waals surface area (Å²) in [6, 6.07) is 8.51. The average molecular weight is 331 g/mol. The summed E-state index contributed by atoms with van der Waals surface area (Å²) in [6.45, 7) is 1.56. The van der Waals surface area contributed by atoms with Gasteiger partial charge in [-0.3, -0.25) is 10.4 Å². The van der Waals surface area contributed by atoms with E-state index in [1.54, 1.807) is 18.9 Å². The third kappa shape index (κ3) is 3.44. The average Bonchev–Trinajstić information content (AvgIpc) is 3.14. The third-order valence-electron chi connectivity index (χ3n) is 3.96. The van der Waals surface area contributed by atoms with Crippen molar-refractivity contribution in [2.75, 3.05) is 20.2 Å². The van der Waals surface area contributed by atoms with Gasteiger partial charge in [-0.25, -0.2) is 0 Å². The summed E-state index contributed by atoms with van der Waals surface area (Å²) in [5.41, 5.74) is 7.70. The molecule has 0 unspecified atom stereocenters. The van der Waals surface area contributed by atoms with E-state index >= 15 is 0 Å². The number of nitrogens with two attached hydrogens (primary N) is 1. The van der Waals surface area contributed by atoms with Gasteiger partial charge in [0.2, 0.25) is 0 Å². The number of hydrogen-bond donors (Lipinski definition) is 3. The first-order valence-corrected chi connectivity index (χ1v) is 8.50. The molecule has 1 aromatic rings. The van der Waals surface area contributed by atoms with E-state index in [-0.39, 0.29) is 5.96 Å². The molecule has 2 aliphatic heterocycles. The molecule has 3 rings (SSSR count). The third-order valence-corrected chi connectivity index (χ3v) is 4.84. The fraction of sp³-hybridized carbons (Fsp3) is 0.375. The molecular weight excluding hydrogens is 310 g/mol. The molecule has 4 N–H and O–H groups in total. The Hall–Kier alpha value is -2.15. The molecule has 2 aliphatic rings. The molecule has 1 aromatic carbocycles. The summed E-state index contributed by atoms with van der Waals surface area (Å²) in [7, 11) is 1.68. The van der Waals surface area contributed by atoms with Crippen LogP contribution in [-0.2, 0) is 0 Å². The fourth-order valence-corrected chi connectivity index (χ4v) is 3.78. The number of thioether (sulfide) groups is 1. The van der Waals surface area contributed by atoms with E-state index in [0.717, 1.165) is 36.8 Å². The summed E-state index contributed by atoms with van der Waals surface area (Å²) in [4.78, 5) is 6.98. The van der Waals surface area contributed by atoms with E-state index in [0.29, 0.717) is 6.04 Å². The number of rotatable bonds is 6. The van der Waals surface area contributed by atoms with Crippen LogP contribution in [0.1, 0.15) is 18.4 Å². The number of benzene rings is 1. The standard InChI is InChI=1S/C16H21N5OS/c1-22-13-6-4-11(5-7-13)14-10-23-16-20-9-12(21(14)16)3-2-8-19-15(17)18/h4-7,10,12H,2-3,8-9H2,1H3,(H4,17,18,19)/t12-/m1/s1. The van der Waals surface area contributed by atoms with Crippen LogP contribution >= 0.6 is 11.8 Å². The molecular formula is C16H21N5OS. The molecule has 23 heavy (non-hydrogen) atoms. The van der Waals surface area contributed by atoms with Gasteiger partial charge in [0.05, 0.1) is 25.4 Å². The molecule has 0 saturated carbocycles. The van der Waals surface area contributed by atoms with Crippen LogP contribution in [0.2, 0.25) is 0 Å². The van der Waals surface area contributed by atoms with Crippen LogP contribution in [0.15, 0.2) is 34.7 Å². The highest BCUT2D eigenvalue weighted by Gasteiger charge is 2.34. The van der Waals surface area contributed by atoms with Crippen LogP contribution in [-0.4, -0.2) is 42.3 Å². The zero-order valence-corrected chi connectivity index (χ0v) is 13.9. The largest absolute Gasteiger partial charge is 0.497 e. The molecule has 2 heterocycles. The lowest BCUT2D eigenvalue weighted by Crippen LogP contribution is -2.34. The number of amidine groups is 1. The highest BCUT2D eigenvalue weighted by molar-refractivity contribution is 8.16. The quantitative estimate of drug-likeness (QED) is 0.422. The minimum absolute atomic E-state index is 0.0314. The van der Waals surface area contributed by atoms with Gasteiger partial charge in [0, 0.05) is 12.0 Å². The summed E-state index contributed by atoms with van der Waals surface area (Å²) in [6.07, 6.45) is 1.98. The number of aliphatic imine (C=N–C) groups is 1. The molecule has 0 fully saturated rings. The summed E-state index contributed by atoms with van der Waals surface area (Å²) in [5.74, 6) is 0.895. The first-order chi connectivity index (χ1) is 11.2. The molecule has 0 radical (unpaired) electrons. The SMILES string of the molecule is COc1ccc(C2=CSC3=NC[C@@H](CCCNC(=N)N)N23)cc1. The number of methoxy groups -OCH3 is 1. The highest BCUT2D eigenvalue weighted by atomic mass is 32.2. The van der Waals surface area contributed by atoms with E-state index in [4.69, 9.17) is 15.9 Å². The van der Waals surface area contributed by atoms with Crippen molar-refractivity contribution in [3.8, 4) is 5.75 Å². The lowest BCUT2D eigenvalue weighted by molar-refractivity contribution is 0.414. The second-order valence-corrected chi connectivity index (χ2v) is 6.32. The number of ether oxygens (including phenoxy) is 1. The number of nitrogens with zero attached hydrogens (tertiary/aromatic N) is 2. The van der Waals surface area contributed by atoms with E-state index in [1.807, 2.05) is 12.1 Å². The van der Waals surface area contributed by atoms with Crippen LogP contribution in [0.5, 0.6) is 5.75 Å². The van der Waals surface area contributed by atoms with Crippen molar-refractivity contribution in [2.24, 2.45) is 10.7 Å². The monoisotopic (exact) mass is 331 g/mol. The van der Waals surface area contributed by atoms with Crippen LogP contribution < -0.4 is 15.8 Å². The van der Waals surface area contributed by atoms with Crippen LogP contribution in [0.25, 0.3) is 5.70 Å². The van der Waals surface area contributed by atoms with Gasteiger partial charge < -0.3 is 20.7 Å². The maximum atomic E-state index is 7.19. The molecule has 7 heteroatoms. The van der Waals surface area contributed by atoms with Crippen molar-refractivity contribution in [3.63, 3.8) is 0 Å². The van der Waals surface area contributed by atoms with Crippen LogP contribution in [0.3, 0.4) is 0 Å². The van der Waals surface area contributed by atoms with Crippen molar-refractivity contribution in [2.45, 2.75) is 18.9 Å². The molecule has 0 amide bonds. The van der Waals surface area contributed by atoms with Crippen molar-refractivity contribution in [1.82, 2.24) is 10.2 Å². The Morgan fingerprint density at radius 1 is 1.48 bits per heavy atom. The normalized spacial score (nSPS) is 19.2. The van der Waals surface area contributed by atoms with E-state index in [2.05, 4.69) is 32.7 Å². The Labute approximate surface area is 140 Å². The first kappa shape index (κ1) is 15.7. The lowest BCUT2D eigenvalue weighted by atomic mass is 10.1.